The minimum atomic E-state index is 0.155. The zero-order valence-electron chi connectivity index (χ0n) is 10.4. The number of aliphatic hydroxyl groups excluding tert-OH is 1. The fourth-order valence-electron chi connectivity index (χ4n) is 1.60. The van der Waals surface area contributed by atoms with Gasteiger partial charge in [0.2, 0.25) is 0 Å². The van der Waals surface area contributed by atoms with Crippen molar-refractivity contribution in [3.05, 3.63) is 28.8 Å². The second-order valence-corrected chi connectivity index (χ2v) is 4.42. The van der Waals surface area contributed by atoms with E-state index in [0.717, 1.165) is 12.1 Å². The van der Waals surface area contributed by atoms with Crippen molar-refractivity contribution in [3.8, 4) is 5.75 Å². The normalized spacial score (nSPS) is 12.5. The Morgan fingerprint density at radius 3 is 2.82 bits per heavy atom. The molecule has 0 saturated carbocycles. The molecule has 0 aromatic heterocycles. The molecule has 2 N–H and O–H groups in total. The van der Waals surface area contributed by atoms with Crippen LogP contribution < -0.4 is 10.1 Å². The summed E-state index contributed by atoms with van der Waals surface area (Å²) in [4.78, 5) is 0. The minimum Gasteiger partial charge on any atom is -0.490 e. The van der Waals surface area contributed by atoms with Crippen molar-refractivity contribution in [2.24, 2.45) is 0 Å². The highest BCUT2D eigenvalue weighted by Crippen LogP contribution is 2.25. The molecule has 1 aromatic carbocycles. The lowest BCUT2D eigenvalue weighted by molar-refractivity contribution is 0.215. The van der Waals surface area contributed by atoms with Crippen molar-refractivity contribution in [2.75, 3.05) is 19.8 Å². The van der Waals surface area contributed by atoms with Crippen molar-refractivity contribution in [1.29, 1.82) is 0 Å². The van der Waals surface area contributed by atoms with E-state index in [1.54, 1.807) is 0 Å². The first kappa shape index (κ1) is 14.3. The van der Waals surface area contributed by atoms with Crippen LogP contribution in [0.4, 0.5) is 0 Å². The molecule has 0 fully saturated rings. The van der Waals surface area contributed by atoms with Crippen molar-refractivity contribution >= 4 is 11.6 Å². The fourth-order valence-corrected chi connectivity index (χ4v) is 1.89. The molecular weight excluding hydrogens is 238 g/mol. The summed E-state index contributed by atoms with van der Waals surface area (Å²) in [6, 6.07) is 5.88. The number of nitrogens with one attached hydrogen (secondary N) is 1. The Labute approximate surface area is 108 Å². The third-order valence-corrected chi connectivity index (χ3v) is 2.79. The maximum absolute atomic E-state index is 8.93. The second-order valence-electron chi connectivity index (χ2n) is 4.01. The van der Waals surface area contributed by atoms with E-state index in [-0.39, 0.29) is 12.6 Å². The predicted octanol–water partition coefficient (Wildman–Crippen LogP) is 2.39. The average Bonchev–Trinajstić information content (AvgIpc) is 2.28. The van der Waals surface area contributed by atoms with Crippen LogP contribution in [0.1, 0.15) is 18.9 Å². The number of hydrogen-bond donors (Lipinski definition) is 2. The SMILES string of the molecule is CCNC(CCO)COc1ccc(C)cc1Cl. The Balaban J connectivity index is 2.52. The maximum Gasteiger partial charge on any atom is 0.137 e. The molecule has 96 valence electrons. The van der Waals surface area contributed by atoms with Crippen LogP contribution in [0.25, 0.3) is 0 Å². The molecule has 0 aliphatic heterocycles. The number of rotatable bonds is 7. The Bertz CT molecular complexity index is 338. The van der Waals surface area contributed by atoms with Crippen LogP contribution in [0.5, 0.6) is 5.75 Å². The van der Waals surface area contributed by atoms with E-state index in [1.807, 2.05) is 32.0 Å². The van der Waals surface area contributed by atoms with Gasteiger partial charge in [-0.3, -0.25) is 0 Å². The monoisotopic (exact) mass is 257 g/mol. The number of benzene rings is 1. The van der Waals surface area contributed by atoms with E-state index in [1.165, 1.54) is 0 Å². The highest BCUT2D eigenvalue weighted by Gasteiger charge is 2.09. The minimum absolute atomic E-state index is 0.155. The summed E-state index contributed by atoms with van der Waals surface area (Å²) in [5, 5.41) is 12.8. The summed E-state index contributed by atoms with van der Waals surface area (Å²) in [6.07, 6.45) is 0.678. The third-order valence-electron chi connectivity index (χ3n) is 2.50. The Morgan fingerprint density at radius 2 is 2.24 bits per heavy atom. The molecule has 4 heteroatoms. The number of aliphatic hydroxyl groups is 1. The molecule has 1 aromatic rings. The lowest BCUT2D eigenvalue weighted by Crippen LogP contribution is -2.35. The molecule has 0 bridgehead atoms. The van der Waals surface area contributed by atoms with Gasteiger partial charge in [0.1, 0.15) is 12.4 Å². The Kier molecular flexibility index (Phi) is 6.34. The van der Waals surface area contributed by atoms with Gasteiger partial charge < -0.3 is 15.2 Å². The van der Waals surface area contributed by atoms with E-state index in [2.05, 4.69) is 5.32 Å². The number of likely N-dealkylation sites (N-methyl/N-ethyl adjacent to an activating group) is 1. The smallest absolute Gasteiger partial charge is 0.137 e. The van der Waals surface area contributed by atoms with Crippen molar-refractivity contribution in [2.45, 2.75) is 26.3 Å². The molecule has 0 heterocycles. The van der Waals surface area contributed by atoms with Gasteiger partial charge in [-0.15, -0.1) is 0 Å². The number of ether oxygens (including phenoxy) is 1. The van der Waals surface area contributed by atoms with Crippen LogP contribution in [-0.2, 0) is 0 Å². The zero-order chi connectivity index (χ0) is 12.7. The van der Waals surface area contributed by atoms with Crippen molar-refractivity contribution in [1.82, 2.24) is 5.32 Å². The summed E-state index contributed by atoms with van der Waals surface area (Å²) in [5.41, 5.74) is 1.11. The summed E-state index contributed by atoms with van der Waals surface area (Å²) in [6.45, 7) is 5.54. The molecule has 0 radical (unpaired) electrons. The molecule has 0 aliphatic rings. The van der Waals surface area contributed by atoms with Crippen LogP contribution in [-0.4, -0.2) is 30.9 Å². The first-order chi connectivity index (χ1) is 8.17. The van der Waals surface area contributed by atoms with Gasteiger partial charge in [0.05, 0.1) is 5.02 Å². The van der Waals surface area contributed by atoms with Gasteiger partial charge in [-0.25, -0.2) is 0 Å². The standard InChI is InChI=1S/C13H20ClNO2/c1-3-15-11(6-7-16)9-17-13-5-4-10(2)8-12(13)14/h4-5,8,11,15-16H,3,6-7,9H2,1-2H3. The Morgan fingerprint density at radius 1 is 1.47 bits per heavy atom. The summed E-state index contributed by atoms with van der Waals surface area (Å²) in [7, 11) is 0. The zero-order valence-corrected chi connectivity index (χ0v) is 11.1. The van der Waals surface area contributed by atoms with E-state index < -0.39 is 0 Å². The maximum atomic E-state index is 8.93. The third kappa shape index (κ3) is 4.94. The van der Waals surface area contributed by atoms with Gasteiger partial charge in [0.15, 0.2) is 0 Å². The van der Waals surface area contributed by atoms with Crippen molar-refractivity contribution < 1.29 is 9.84 Å². The van der Waals surface area contributed by atoms with Crippen molar-refractivity contribution in [3.63, 3.8) is 0 Å². The van der Waals surface area contributed by atoms with Crippen LogP contribution in [0, 0.1) is 6.92 Å². The predicted molar refractivity (Wildman–Crippen MR) is 70.9 cm³/mol. The largest absolute Gasteiger partial charge is 0.490 e. The lowest BCUT2D eigenvalue weighted by atomic mass is 10.2. The van der Waals surface area contributed by atoms with Gasteiger partial charge in [-0.2, -0.15) is 0 Å². The molecule has 0 spiro atoms. The van der Waals surface area contributed by atoms with E-state index in [9.17, 15) is 0 Å². The number of hydrogen-bond acceptors (Lipinski definition) is 3. The van der Waals surface area contributed by atoms with Crippen LogP contribution >= 0.6 is 11.6 Å². The summed E-state index contributed by atoms with van der Waals surface area (Å²) >= 11 is 6.07. The molecule has 1 unspecified atom stereocenters. The average molecular weight is 258 g/mol. The second kappa shape index (κ2) is 7.54. The van der Waals surface area contributed by atoms with Gasteiger partial charge in [0.25, 0.3) is 0 Å². The first-order valence-electron chi connectivity index (χ1n) is 5.90. The lowest BCUT2D eigenvalue weighted by Gasteiger charge is -2.18. The number of halogens is 1. The molecule has 1 atom stereocenters. The highest BCUT2D eigenvalue weighted by atomic mass is 35.5. The first-order valence-corrected chi connectivity index (χ1v) is 6.28. The fraction of sp³-hybridized carbons (Fsp3) is 0.538. The van der Waals surface area contributed by atoms with Crippen LogP contribution in [0.2, 0.25) is 5.02 Å². The van der Waals surface area contributed by atoms with E-state index >= 15 is 0 Å². The van der Waals surface area contributed by atoms with E-state index in [0.29, 0.717) is 23.8 Å². The Hall–Kier alpha value is -0.770. The van der Waals surface area contributed by atoms with Gasteiger partial charge in [-0.05, 0) is 37.6 Å². The van der Waals surface area contributed by atoms with Crippen LogP contribution in [0.3, 0.4) is 0 Å². The van der Waals surface area contributed by atoms with E-state index in [4.69, 9.17) is 21.4 Å². The highest BCUT2D eigenvalue weighted by molar-refractivity contribution is 6.32. The van der Waals surface area contributed by atoms with Crippen LogP contribution in [0.15, 0.2) is 18.2 Å². The molecule has 0 aliphatic carbocycles. The molecule has 17 heavy (non-hydrogen) atoms. The summed E-state index contributed by atoms with van der Waals surface area (Å²) < 4.78 is 5.65. The summed E-state index contributed by atoms with van der Waals surface area (Å²) in [5.74, 6) is 0.693. The molecule has 3 nitrogen and oxygen atoms in total. The molecular formula is C13H20ClNO2. The molecule has 0 amide bonds. The topological polar surface area (TPSA) is 41.5 Å². The van der Waals surface area contributed by atoms with Gasteiger partial charge in [0, 0.05) is 12.6 Å². The molecule has 0 saturated heterocycles. The number of aryl methyl sites for hydroxylation is 1. The quantitative estimate of drug-likeness (QED) is 0.788. The van der Waals surface area contributed by atoms with Gasteiger partial charge in [-0.1, -0.05) is 24.6 Å². The van der Waals surface area contributed by atoms with Gasteiger partial charge >= 0.3 is 0 Å². The molecule has 1 rings (SSSR count).